The van der Waals surface area contributed by atoms with Crippen LogP contribution < -0.4 is 20.3 Å². The number of carbonyl (C=O) groups is 4. The molecule has 0 aliphatic rings. The van der Waals surface area contributed by atoms with Crippen molar-refractivity contribution < 1.29 is 33.4 Å². The lowest BCUT2D eigenvalue weighted by atomic mass is 10.1. The molecular formula is C20H20N2O7. The Morgan fingerprint density at radius 1 is 0.862 bits per heavy atom. The summed E-state index contributed by atoms with van der Waals surface area (Å²) in [5.41, 5.74) is 5.14. The predicted molar refractivity (Wildman–Crippen MR) is 102 cm³/mol. The summed E-state index contributed by atoms with van der Waals surface area (Å²) in [6.45, 7) is 0.344. The number of benzene rings is 2. The summed E-state index contributed by atoms with van der Waals surface area (Å²) in [6.07, 6.45) is 0. The van der Waals surface area contributed by atoms with Crippen LogP contribution in [0.15, 0.2) is 48.5 Å². The third-order valence-corrected chi connectivity index (χ3v) is 3.63. The summed E-state index contributed by atoms with van der Waals surface area (Å²) in [6, 6.07) is 12.8. The molecule has 0 spiro atoms. The fraction of sp³-hybridized carbons (Fsp3) is 0.200. The first-order valence-corrected chi connectivity index (χ1v) is 8.52. The van der Waals surface area contributed by atoms with E-state index in [1.807, 2.05) is 0 Å². The van der Waals surface area contributed by atoms with Crippen molar-refractivity contribution in [2.75, 3.05) is 20.3 Å². The average molecular weight is 400 g/mol. The second kappa shape index (κ2) is 10.5. The molecule has 152 valence electrons. The van der Waals surface area contributed by atoms with E-state index in [1.165, 1.54) is 32.2 Å². The number of hydrogen-bond donors (Lipinski definition) is 2. The highest BCUT2D eigenvalue weighted by molar-refractivity contribution is 5.95. The zero-order valence-electron chi connectivity index (χ0n) is 15.9. The van der Waals surface area contributed by atoms with E-state index >= 15 is 0 Å². The van der Waals surface area contributed by atoms with E-state index in [1.54, 1.807) is 30.3 Å². The van der Waals surface area contributed by atoms with Gasteiger partial charge in [0.25, 0.3) is 11.8 Å². The molecule has 0 radical (unpaired) electrons. The van der Waals surface area contributed by atoms with Crippen LogP contribution in [0, 0.1) is 0 Å². The van der Waals surface area contributed by atoms with Crippen LogP contribution in [0.5, 0.6) is 11.5 Å². The van der Waals surface area contributed by atoms with Gasteiger partial charge in [-0.2, -0.15) is 0 Å². The van der Waals surface area contributed by atoms with Crippen LogP contribution in [0.2, 0.25) is 0 Å². The van der Waals surface area contributed by atoms with Crippen molar-refractivity contribution in [2.24, 2.45) is 0 Å². The third kappa shape index (κ3) is 6.65. The minimum Gasteiger partial charge on any atom is -0.493 e. The second-order valence-electron chi connectivity index (χ2n) is 5.74. The van der Waals surface area contributed by atoms with Crippen molar-refractivity contribution in [1.82, 2.24) is 10.9 Å². The van der Waals surface area contributed by atoms with Gasteiger partial charge in [0.2, 0.25) is 0 Å². The van der Waals surface area contributed by atoms with E-state index in [-0.39, 0.29) is 17.3 Å². The minimum absolute atomic E-state index is 0.139. The normalized spacial score (nSPS) is 9.86. The number of ether oxygens (including phenoxy) is 3. The molecule has 2 amide bonds. The van der Waals surface area contributed by atoms with Crippen LogP contribution >= 0.6 is 0 Å². The maximum atomic E-state index is 11.8. The van der Waals surface area contributed by atoms with Gasteiger partial charge < -0.3 is 14.2 Å². The maximum Gasteiger partial charge on any atom is 0.344 e. The van der Waals surface area contributed by atoms with Crippen molar-refractivity contribution in [1.29, 1.82) is 0 Å². The first-order chi connectivity index (χ1) is 13.9. The smallest absolute Gasteiger partial charge is 0.344 e. The molecule has 2 N–H and O–H groups in total. The molecule has 2 rings (SSSR count). The number of ketones is 1. The summed E-state index contributed by atoms with van der Waals surface area (Å²) in [7, 11) is 1.40. The minimum atomic E-state index is -0.799. The van der Waals surface area contributed by atoms with Gasteiger partial charge in [0.1, 0.15) is 0 Å². The quantitative estimate of drug-likeness (QED) is 0.389. The van der Waals surface area contributed by atoms with Gasteiger partial charge in [0.05, 0.1) is 7.11 Å². The molecule has 0 fully saturated rings. The number of methoxy groups -OCH3 is 1. The zero-order chi connectivity index (χ0) is 21.2. The molecule has 0 saturated heterocycles. The lowest BCUT2D eigenvalue weighted by Crippen LogP contribution is -2.43. The maximum absolute atomic E-state index is 11.8. The predicted octanol–water partition coefficient (Wildman–Crippen LogP) is 1.28. The highest BCUT2D eigenvalue weighted by Gasteiger charge is 2.13. The molecule has 0 aromatic heterocycles. The molecule has 2 aromatic rings. The molecule has 0 unspecified atom stereocenters. The Bertz CT molecular complexity index is 897. The zero-order valence-corrected chi connectivity index (χ0v) is 15.9. The van der Waals surface area contributed by atoms with Crippen LogP contribution in [-0.4, -0.2) is 43.9 Å². The first kappa shape index (κ1) is 21.4. The lowest BCUT2D eigenvalue weighted by Gasteiger charge is -2.11. The SMILES string of the molecule is COc1cc(C(C)=O)ccc1OCC(=O)OCC(=O)NNC(=O)c1ccccc1. The number of amides is 2. The number of hydrogen-bond acceptors (Lipinski definition) is 7. The van der Waals surface area contributed by atoms with Crippen LogP contribution in [0.25, 0.3) is 0 Å². The first-order valence-electron chi connectivity index (χ1n) is 8.52. The highest BCUT2D eigenvalue weighted by Crippen LogP contribution is 2.28. The Labute approximate surface area is 166 Å². The second-order valence-corrected chi connectivity index (χ2v) is 5.74. The van der Waals surface area contributed by atoms with Gasteiger partial charge in [0, 0.05) is 11.1 Å². The monoisotopic (exact) mass is 400 g/mol. The fourth-order valence-corrected chi connectivity index (χ4v) is 2.15. The summed E-state index contributed by atoms with van der Waals surface area (Å²) in [5.74, 6) is -1.63. The molecule has 0 aliphatic heterocycles. The van der Waals surface area contributed by atoms with Gasteiger partial charge in [-0.15, -0.1) is 0 Å². The van der Waals surface area contributed by atoms with Crippen molar-refractivity contribution in [2.45, 2.75) is 6.92 Å². The molecule has 2 aromatic carbocycles. The lowest BCUT2D eigenvalue weighted by molar-refractivity contribution is -0.150. The highest BCUT2D eigenvalue weighted by atomic mass is 16.6. The van der Waals surface area contributed by atoms with Crippen molar-refractivity contribution >= 4 is 23.6 Å². The van der Waals surface area contributed by atoms with Gasteiger partial charge in [-0.25, -0.2) is 4.79 Å². The third-order valence-electron chi connectivity index (χ3n) is 3.63. The van der Waals surface area contributed by atoms with Gasteiger partial charge >= 0.3 is 5.97 Å². The molecule has 0 atom stereocenters. The molecule has 29 heavy (non-hydrogen) atoms. The molecule has 9 nitrogen and oxygen atoms in total. The largest absolute Gasteiger partial charge is 0.493 e. The summed E-state index contributed by atoms with van der Waals surface area (Å²) in [4.78, 5) is 46.6. The molecule has 9 heteroatoms. The Morgan fingerprint density at radius 3 is 2.24 bits per heavy atom. The van der Waals surface area contributed by atoms with E-state index in [4.69, 9.17) is 14.2 Å². The number of Topliss-reactive ketones (excluding diaryl/α,β-unsaturated/α-hetero) is 1. The number of esters is 1. The molecule has 0 aliphatic carbocycles. The topological polar surface area (TPSA) is 120 Å². The average Bonchev–Trinajstić information content (AvgIpc) is 2.74. The fourth-order valence-electron chi connectivity index (χ4n) is 2.15. The van der Waals surface area contributed by atoms with Crippen LogP contribution in [0.4, 0.5) is 0 Å². The van der Waals surface area contributed by atoms with E-state index in [0.717, 1.165) is 0 Å². The van der Waals surface area contributed by atoms with E-state index in [9.17, 15) is 19.2 Å². The Morgan fingerprint density at radius 2 is 1.59 bits per heavy atom. The van der Waals surface area contributed by atoms with Gasteiger partial charge in [-0.05, 0) is 37.3 Å². The van der Waals surface area contributed by atoms with E-state index in [2.05, 4.69) is 10.9 Å². The number of carbonyl (C=O) groups excluding carboxylic acids is 4. The molecule has 0 saturated carbocycles. The van der Waals surface area contributed by atoms with Crippen LogP contribution in [0.1, 0.15) is 27.6 Å². The van der Waals surface area contributed by atoms with Crippen molar-refractivity contribution in [3.63, 3.8) is 0 Å². The molecule has 0 heterocycles. The molecule has 0 bridgehead atoms. The van der Waals surface area contributed by atoms with Crippen molar-refractivity contribution in [3.8, 4) is 11.5 Å². The number of hydrazine groups is 1. The van der Waals surface area contributed by atoms with Crippen LogP contribution in [0.3, 0.4) is 0 Å². The van der Waals surface area contributed by atoms with Gasteiger partial charge in [-0.1, -0.05) is 18.2 Å². The standard InChI is InChI=1S/C20H20N2O7/c1-13(23)15-8-9-16(17(10-15)27-2)28-12-19(25)29-11-18(24)21-22-20(26)14-6-4-3-5-7-14/h3-10H,11-12H2,1-2H3,(H,21,24)(H,22,26). The van der Waals surface area contributed by atoms with Crippen molar-refractivity contribution in [3.05, 3.63) is 59.7 Å². The Kier molecular flexibility index (Phi) is 7.72. The van der Waals surface area contributed by atoms with Gasteiger partial charge in [0.15, 0.2) is 30.5 Å². The summed E-state index contributed by atoms with van der Waals surface area (Å²) in [5, 5.41) is 0. The Hall–Kier alpha value is -3.88. The van der Waals surface area contributed by atoms with E-state index in [0.29, 0.717) is 11.1 Å². The van der Waals surface area contributed by atoms with E-state index < -0.39 is 31.0 Å². The van der Waals surface area contributed by atoms with Gasteiger partial charge in [-0.3, -0.25) is 25.2 Å². The summed E-state index contributed by atoms with van der Waals surface area (Å²) >= 11 is 0. The molecular weight excluding hydrogens is 380 g/mol. The van der Waals surface area contributed by atoms with Crippen LogP contribution in [-0.2, 0) is 14.3 Å². The Balaban J connectivity index is 1.75. The number of rotatable bonds is 8. The summed E-state index contributed by atoms with van der Waals surface area (Å²) < 4.78 is 15.2. The number of nitrogens with one attached hydrogen (secondary N) is 2.